The number of anilines is 1. The van der Waals surface area contributed by atoms with Crippen molar-refractivity contribution in [1.82, 2.24) is 9.97 Å². The summed E-state index contributed by atoms with van der Waals surface area (Å²) in [6, 6.07) is 10.1. The van der Waals surface area contributed by atoms with Gasteiger partial charge in [-0.3, -0.25) is 9.97 Å². The van der Waals surface area contributed by atoms with E-state index in [1.54, 1.807) is 24.5 Å². The summed E-state index contributed by atoms with van der Waals surface area (Å²) in [4.78, 5) is 24.1. The van der Waals surface area contributed by atoms with Crippen molar-refractivity contribution in [2.45, 2.75) is 72.5 Å². The second-order valence-electron chi connectivity index (χ2n) is 12.2. The molecular formula is C32H40FN3O4. The maximum absolute atomic E-state index is 13.2. The lowest BCUT2D eigenvalue weighted by Gasteiger charge is -2.40. The molecule has 3 aromatic rings. The van der Waals surface area contributed by atoms with Crippen molar-refractivity contribution in [1.29, 1.82) is 0 Å². The fourth-order valence-corrected chi connectivity index (χ4v) is 4.94. The number of carbonyl (C=O) groups is 1. The van der Waals surface area contributed by atoms with Gasteiger partial charge >= 0.3 is 5.97 Å². The van der Waals surface area contributed by atoms with Crippen molar-refractivity contribution in [3.05, 3.63) is 71.4 Å². The van der Waals surface area contributed by atoms with Crippen LogP contribution in [0, 0.1) is 18.2 Å². The van der Waals surface area contributed by atoms with E-state index in [4.69, 9.17) is 14.5 Å². The first-order valence-electron chi connectivity index (χ1n) is 13.8. The first-order valence-corrected chi connectivity index (χ1v) is 13.8. The van der Waals surface area contributed by atoms with E-state index in [0.717, 1.165) is 42.7 Å². The number of halogens is 1. The molecule has 1 aliphatic heterocycles. The number of ether oxygens (including phenoxy) is 2. The zero-order valence-electron chi connectivity index (χ0n) is 24.3. The number of pyridine rings is 2. The van der Waals surface area contributed by atoms with Crippen LogP contribution >= 0.6 is 0 Å². The summed E-state index contributed by atoms with van der Waals surface area (Å²) >= 11 is 0. The summed E-state index contributed by atoms with van der Waals surface area (Å²) in [5.74, 6) is -0.689. The molecule has 4 rings (SSSR count). The Hall–Kier alpha value is -3.52. The molecule has 2 aromatic heterocycles. The van der Waals surface area contributed by atoms with Crippen LogP contribution < -0.4 is 9.64 Å². The number of carboxylic acid groups (broad SMARTS) is 1. The Labute approximate surface area is 236 Å². The van der Waals surface area contributed by atoms with Crippen molar-refractivity contribution < 1.29 is 23.8 Å². The van der Waals surface area contributed by atoms with E-state index in [-0.39, 0.29) is 11.2 Å². The third-order valence-corrected chi connectivity index (χ3v) is 7.26. The van der Waals surface area contributed by atoms with Crippen LogP contribution in [0.5, 0.6) is 5.75 Å². The van der Waals surface area contributed by atoms with E-state index < -0.39 is 17.7 Å². The molecule has 0 amide bonds. The van der Waals surface area contributed by atoms with Crippen molar-refractivity contribution in [2.75, 3.05) is 24.6 Å². The number of nitrogens with zero attached hydrogens (tertiary/aromatic N) is 3. The van der Waals surface area contributed by atoms with Crippen LogP contribution in [0.3, 0.4) is 0 Å². The predicted molar refractivity (Wildman–Crippen MR) is 154 cm³/mol. The van der Waals surface area contributed by atoms with Gasteiger partial charge in [0.2, 0.25) is 0 Å². The number of carboxylic acids is 1. The minimum absolute atomic E-state index is 0.220. The number of aryl methyl sites for hydroxylation is 1. The quantitative estimate of drug-likeness (QED) is 0.315. The van der Waals surface area contributed by atoms with Crippen molar-refractivity contribution >= 4 is 11.7 Å². The molecule has 1 atom stereocenters. The maximum atomic E-state index is 13.2. The predicted octanol–water partition coefficient (Wildman–Crippen LogP) is 6.78. The number of aromatic nitrogens is 2. The average Bonchev–Trinajstić information content (AvgIpc) is 2.88. The van der Waals surface area contributed by atoms with Crippen LogP contribution in [0.4, 0.5) is 10.1 Å². The van der Waals surface area contributed by atoms with Crippen LogP contribution in [0.15, 0.2) is 48.8 Å². The molecule has 0 aliphatic carbocycles. The monoisotopic (exact) mass is 549 g/mol. The van der Waals surface area contributed by atoms with Crippen molar-refractivity contribution in [2.24, 2.45) is 5.41 Å². The smallest absolute Gasteiger partial charge is 0.337 e. The van der Waals surface area contributed by atoms with Gasteiger partial charge in [0.1, 0.15) is 11.6 Å². The van der Waals surface area contributed by atoms with E-state index in [0.29, 0.717) is 35.7 Å². The fourth-order valence-electron chi connectivity index (χ4n) is 4.94. The lowest BCUT2D eigenvalue weighted by molar-refractivity contribution is -0.160. The zero-order chi connectivity index (χ0) is 29.1. The number of rotatable bonds is 9. The van der Waals surface area contributed by atoms with Crippen molar-refractivity contribution in [3.63, 3.8) is 0 Å². The van der Waals surface area contributed by atoms with E-state index >= 15 is 0 Å². The summed E-state index contributed by atoms with van der Waals surface area (Å²) in [5.41, 5.74) is 4.00. The second kappa shape index (κ2) is 11.9. The molecule has 1 aromatic carbocycles. The Morgan fingerprint density at radius 3 is 2.33 bits per heavy atom. The molecule has 0 radical (unpaired) electrons. The standard InChI is InChI=1S/C32H40FN3O4/c1-21-27(29(30(37)38)40-31(2,3)4)28(36-16-14-32(5,6)15-17-36)25(20-34-21)26-12-11-24(19-35-26)39-18-13-22-7-9-23(33)10-8-22/h7-12,19-20,29H,13-18H2,1-6H3,(H,37,38)/t29-/m0/s1. The van der Waals surface area contributed by atoms with Crippen LogP contribution in [0.2, 0.25) is 0 Å². The van der Waals surface area contributed by atoms with Gasteiger partial charge in [-0.25, -0.2) is 9.18 Å². The molecule has 0 saturated carbocycles. The minimum atomic E-state index is -1.17. The highest BCUT2D eigenvalue weighted by Gasteiger charge is 2.36. The Bertz CT molecular complexity index is 1310. The number of benzene rings is 1. The first-order chi connectivity index (χ1) is 18.8. The normalized spacial score (nSPS) is 16.0. The SMILES string of the molecule is Cc1ncc(-c2ccc(OCCc3ccc(F)cc3)cn2)c(N2CCC(C)(C)CC2)c1[C@H](OC(C)(C)C)C(=O)O. The topological polar surface area (TPSA) is 84.8 Å². The van der Waals surface area contributed by atoms with Gasteiger partial charge in [-0.2, -0.15) is 0 Å². The molecule has 8 heteroatoms. The first kappa shape index (κ1) is 29.5. The summed E-state index contributed by atoms with van der Waals surface area (Å²) in [5, 5.41) is 10.3. The van der Waals surface area contributed by atoms with Crippen LogP contribution in [0.1, 0.15) is 70.4 Å². The second-order valence-corrected chi connectivity index (χ2v) is 12.2. The third kappa shape index (κ3) is 7.36. The molecule has 1 N–H and O–H groups in total. The summed E-state index contributed by atoms with van der Waals surface area (Å²) in [7, 11) is 0. The van der Waals surface area contributed by atoms with Gasteiger partial charge in [0.05, 0.1) is 29.8 Å². The third-order valence-electron chi connectivity index (χ3n) is 7.26. The Morgan fingerprint density at radius 2 is 1.75 bits per heavy atom. The minimum Gasteiger partial charge on any atom is -0.492 e. The molecule has 0 spiro atoms. The van der Waals surface area contributed by atoms with E-state index in [2.05, 4.69) is 23.7 Å². The van der Waals surface area contributed by atoms with Gasteiger partial charge in [-0.05, 0) is 75.8 Å². The fraction of sp³-hybridized carbons (Fsp3) is 0.469. The molecule has 40 heavy (non-hydrogen) atoms. The molecular weight excluding hydrogens is 509 g/mol. The van der Waals surface area contributed by atoms with Crippen LogP contribution in [0.25, 0.3) is 11.3 Å². The molecule has 1 aliphatic rings. The highest BCUT2D eigenvalue weighted by molar-refractivity contribution is 5.85. The van der Waals surface area contributed by atoms with Gasteiger partial charge in [0.25, 0.3) is 0 Å². The highest BCUT2D eigenvalue weighted by atomic mass is 19.1. The molecule has 1 saturated heterocycles. The molecule has 7 nitrogen and oxygen atoms in total. The van der Waals surface area contributed by atoms with E-state index in [9.17, 15) is 14.3 Å². The van der Waals surface area contributed by atoms with Crippen molar-refractivity contribution in [3.8, 4) is 17.0 Å². The molecule has 0 bridgehead atoms. The average molecular weight is 550 g/mol. The largest absolute Gasteiger partial charge is 0.492 e. The van der Waals surface area contributed by atoms with Crippen LogP contribution in [-0.4, -0.2) is 46.3 Å². The Morgan fingerprint density at radius 1 is 1.07 bits per heavy atom. The Kier molecular flexibility index (Phi) is 8.78. The molecule has 1 fully saturated rings. The molecule has 214 valence electrons. The van der Waals surface area contributed by atoms with Crippen LogP contribution in [-0.2, 0) is 16.0 Å². The molecule has 0 unspecified atom stereocenters. The maximum Gasteiger partial charge on any atom is 0.337 e. The lowest BCUT2D eigenvalue weighted by atomic mass is 9.82. The number of aliphatic carboxylic acids is 1. The van der Waals surface area contributed by atoms with E-state index in [1.165, 1.54) is 12.1 Å². The van der Waals surface area contributed by atoms with Gasteiger partial charge in [0, 0.05) is 42.5 Å². The van der Waals surface area contributed by atoms with Gasteiger partial charge < -0.3 is 19.5 Å². The molecule has 3 heterocycles. The number of hydrogen-bond acceptors (Lipinski definition) is 6. The van der Waals surface area contributed by atoms with E-state index in [1.807, 2.05) is 39.8 Å². The Balaban J connectivity index is 1.67. The lowest BCUT2D eigenvalue weighted by Crippen LogP contribution is -2.39. The van der Waals surface area contributed by atoms with Gasteiger partial charge in [-0.1, -0.05) is 26.0 Å². The van der Waals surface area contributed by atoms with Gasteiger partial charge in [-0.15, -0.1) is 0 Å². The number of hydrogen-bond donors (Lipinski definition) is 1. The summed E-state index contributed by atoms with van der Waals surface area (Å²) in [6.45, 7) is 14.0. The van der Waals surface area contributed by atoms with Gasteiger partial charge in [0.15, 0.2) is 6.10 Å². The summed E-state index contributed by atoms with van der Waals surface area (Å²) < 4.78 is 25.1. The number of piperidine rings is 1. The summed E-state index contributed by atoms with van der Waals surface area (Å²) in [6.07, 6.45) is 4.89. The zero-order valence-corrected chi connectivity index (χ0v) is 24.3. The highest BCUT2D eigenvalue weighted by Crippen LogP contribution is 2.43.